The molecule has 0 fully saturated rings. The van der Waals surface area contributed by atoms with E-state index in [-0.39, 0.29) is 5.54 Å². The summed E-state index contributed by atoms with van der Waals surface area (Å²) in [7, 11) is 0. The van der Waals surface area contributed by atoms with Crippen molar-refractivity contribution in [1.29, 1.82) is 0 Å². The number of hydrogen-bond acceptors (Lipinski definition) is 3. The fourth-order valence-electron chi connectivity index (χ4n) is 1.84. The minimum atomic E-state index is 0.106. The molecule has 1 N–H and O–H groups in total. The maximum atomic E-state index is 5.78. The van der Waals surface area contributed by atoms with E-state index in [9.17, 15) is 0 Å². The van der Waals surface area contributed by atoms with Gasteiger partial charge in [0.1, 0.15) is 5.75 Å². The lowest BCUT2D eigenvalue weighted by Gasteiger charge is -2.20. The van der Waals surface area contributed by atoms with Gasteiger partial charge in [0.25, 0.3) is 0 Å². The fraction of sp³-hybridized carbons (Fsp3) is 0.389. The third-order valence-corrected chi connectivity index (χ3v) is 3.32. The predicted octanol–water partition coefficient (Wildman–Crippen LogP) is 4.38. The average Bonchev–Trinajstić information content (AvgIpc) is 2.41. The largest absolute Gasteiger partial charge is 0.439 e. The summed E-state index contributed by atoms with van der Waals surface area (Å²) in [5.41, 5.74) is 3.74. The highest BCUT2D eigenvalue weighted by Gasteiger charge is 2.08. The summed E-state index contributed by atoms with van der Waals surface area (Å²) in [4.78, 5) is 4.36. The molecule has 0 bridgehead atoms. The van der Waals surface area contributed by atoms with Crippen LogP contribution in [0.1, 0.15) is 37.5 Å². The van der Waals surface area contributed by atoms with E-state index in [1.807, 2.05) is 30.5 Å². The van der Waals surface area contributed by atoms with Crippen molar-refractivity contribution in [2.24, 2.45) is 0 Å². The van der Waals surface area contributed by atoms with Crippen LogP contribution in [-0.4, -0.2) is 10.5 Å². The van der Waals surface area contributed by atoms with Crippen LogP contribution in [0.3, 0.4) is 0 Å². The highest BCUT2D eigenvalue weighted by atomic mass is 16.5. The molecule has 21 heavy (non-hydrogen) atoms. The van der Waals surface area contributed by atoms with Crippen molar-refractivity contribution < 1.29 is 4.74 Å². The van der Waals surface area contributed by atoms with E-state index in [1.54, 1.807) is 0 Å². The number of aromatic nitrogens is 1. The molecule has 0 aliphatic heterocycles. The lowest BCUT2D eigenvalue weighted by molar-refractivity contribution is 0.423. The lowest BCUT2D eigenvalue weighted by Crippen LogP contribution is -2.35. The maximum absolute atomic E-state index is 5.78. The normalized spacial score (nSPS) is 11.5. The molecule has 0 saturated heterocycles. The Kier molecular flexibility index (Phi) is 4.63. The number of aryl methyl sites for hydroxylation is 2. The van der Waals surface area contributed by atoms with Crippen LogP contribution in [-0.2, 0) is 6.54 Å². The molecular weight excluding hydrogens is 260 g/mol. The van der Waals surface area contributed by atoms with Crippen LogP contribution in [0.5, 0.6) is 11.6 Å². The van der Waals surface area contributed by atoms with E-state index in [4.69, 9.17) is 4.74 Å². The molecule has 3 heteroatoms. The molecule has 2 aromatic rings. The van der Waals surface area contributed by atoms with E-state index in [1.165, 1.54) is 11.1 Å². The van der Waals surface area contributed by atoms with Crippen LogP contribution >= 0.6 is 0 Å². The van der Waals surface area contributed by atoms with Crippen LogP contribution in [0.2, 0.25) is 0 Å². The summed E-state index contributed by atoms with van der Waals surface area (Å²) >= 11 is 0. The first-order valence-corrected chi connectivity index (χ1v) is 7.28. The van der Waals surface area contributed by atoms with Gasteiger partial charge in [-0.05, 0) is 63.4 Å². The van der Waals surface area contributed by atoms with Gasteiger partial charge in [0.05, 0.1) is 0 Å². The zero-order valence-electron chi connectivity index (χ0n) is 13.5. The predicted molar refractivity (Wildman–Crippen MR) is 86.8 cm³/mol. The standard InChI is InChI=1S/C18H24N2O/c1-13-6-8-16(10-14(13)2)21-17-9-7-15(11-19-17)12-20-18(3,4)5/h6-11,20H,12H2,1-5H3. The van der Waals surface area contributed by atoms with Crippen molar-refractivity contribution in [2.75, 3.05) is 0 Å². The third kappa shape index (κ3) is 4.87. The van der Waals surface area contributed by atoms with Gasteiger partial charge in [-0.3, -0.25) is 0 Å². The molecule has 0 saturated carbocycles. The Morgan fingerprint density at radius 3 is 2.38 bits per heavy atom. The van der Waals surface area contributed by atoms with Crippen LogP contribution in [0.4, 0.5) is 0 Å². The molecule has 0 amide bonds. The van der Waals surface area contributed by atoms with E-state index >= 15 is 0 Å². The summed E-state index contributed by atoms with van der Waals surface area (Å²) in [6.07, 6.45) is 1.86. The molecule has 2 rings (SSSR count). The summed E-state index contributed by atoms with van der Waals surface area (Å²) in [6.45, 7) is 11.4. The third-order valence-electron chi connectivity index (χ3n) is 3.32. The van der Waals surface area contributed by atoms with E-state index < -0.39 is 0 Å². The number of nitrogens with zero attached hydrogens (tertiary/aromatic N) is 1. The molecule has 3 nitrogen and oxygen atoms in total. The maximum Gasteiger partial charge on any atom is 0.219 e. The van der Waals surface area contributed by atoms with Crippen LogP contribution in [0.25, 0.3) is 0 Å². The molecule has 0 radical (unpaired) electrons. The van der Waals surface area contributed by atoms with Gasteiger partial charge in [0.15, 0.2) is 0 Å². The number of nitrogens with one attached hydrogen (secondary N) is 1. The Morgan fingerprint density at radius 2 is 1.81 bits per heavy atom. The Morgan fingerprint density at radius 1 is 1.05 bits per heavy atom. The minimum absolute atomic E-state index is 0.106. The monoisotopic (exact) mass is 284 g/mol. The highest BCUT2D eigenvalue weighted by Crippen LogP contribution is 2.22. The first-order chi connectivity index (χ1) is 9.83. The number of pyridine rings is 1. The smallest absolute Gasteiger partial charge is 0.219 e. The molecule has 1 aromatic heterocycles. The van der Waals surface area contributed by atoms with Gasteiger partial charge in [-0.2, -0.15) is 0 Å². The molecule has 112 valence electrons. The number of rotatable bonds is 4. The van der Waals surface area contributed by atoms with E-state index in [2.05, 4.69) is 51.0 Å². The molecule has 0 atom stereocenters. The topological polar surface area (TPSA) is 34.1 Å². The van der Waals surface area contributed by atoms with Gasteiger partial charge in [-0.15, -0.1) is 0 Å². The SMILES string of the molecule is Cc1ccc(Oc2ccc(CNC(C)(C)C)cn2)cc1C. The minimum Gasteiger partial charge on any atom is -0.439 e. The van der Waals surface area contributed by atoms with Gasteiger partial charge in [-0.1, -0.05) is 12.1 Å². The number of ether oxygens (including phenoxy) is 1. The average molecular weight is 284 g/mol. The fourth-order valence-corrected chi connectivity index (χ4v) is 1.84. The van der Waals surface area contributed by atoms with Gasteiger partial charge < -0.3 is 10.1 Å². The van der Waals surface area contributed by atoms with Crippen LogP contribution in [0, 0.1) is 13.8 Å². The first-order valence-electron chi connectivity index (χ1n) is 7.28. The summed E-state index contributed by atoms with van der Waals surface area (Å²) < 4.78 is 5.78. The zero-order valence-corrected chi connectivity index (χ0v) is 13.5. The Balaban J connectivity index is 2.00. The van der Waals surface area contributed by atoms with Crippen molar-refractivity contribution in [3.05, 3.63) is 53.2 Å². The summed E-state index contributed by atoms with van der Waals surface area (Å²) in [5, 5.41) is 3.44. The van der Waals surface area contributed by atoms with Gasteiger partial charge in [0, 0.05) is 24.3 Å². The van der Waals surface area contributed by atoms with E-state index in [0.29, 0.717) is 5.88 Å². The molecule has 1 heterocycles. The summed E-state index contributed by atoms with van der Waals surface area (Å²) in [5.74, 6) is 1.45. The number of benzene rings is 1. The molecule has 1 aromatic carbocycles. The molecule has 0 aliphatic carbocycles. The molecule has 0 aliphatic rings. The lowest BCUT2D eigenvalue weighted by atomic mass is 10.1. The highest BCUT2D eigenvalue weighted by molar-refractivity contribution is 5.36. The van der Waals surface area contributed by atoms with E-state index in [0.717, 1.165) is 17.9 Å². The molecule has 0 spiro atoms. The van der Waals surface area contributed by atoms with Crippen molar-refractivity contribution in [3.63, 3.8) is 0 Å². The van der Waals surface area contributed by atoms with Gasteiger partial charge >= 0.3 is 0 Å². The van der Waals surface area contributed by atoms with Crippen molar-refractivity contribution in [2.45, 2.75) is 46.7 Å². The Bertz CT molecular complexity index is 598. The van der Waals surface area contributed by atoms with Crippen molar-refractivity contribution >= 4 is 0 Å². The van der Waals surface area contributed by atoms with Crippen molar-refractivity contribution in [3.8, 4) is 11.6 Å². The van der Waals surface area contributed by atoms with Crippen LogP contribution < -0.4 is 10.1 Å². The van der Waals surface area contributed by atoms with Crippen molar-refractivity contribution in [1.82, 2.24) is 10.3 Å². The van der Waals surface area contributed by atoms with Gasteiger partial charge in [-0.25, -0.2) is 4.98 Å². The Hall–Kier alpha value is -1.87. The second-order valence-corrected chi connectivity index (χ2v) is 6.46. The number of hydrogen-bond donors (Lipinski definition) is 1. The quantitative estimate of drug-likeness (QED) is 0.904. The van der Waals surface area contributed by atoms with Crippen LogP contribution in [0.15, 0.2) is 36.5 Å². The Labute approximate surface area is 127 Å². The molecule has 0 unspecified atom stereocenters. The second kappa shape index (κ2) is 6.27. The summed E-state index contributed by atoms with van der Waals surface area (Å²) in [6, 6.07) is 10.0. The van der Waals surface area contributed by atoms with Gasteiger partial charge in [0.2, 0.25) is 5.88 Å². The zero-order chi connectivity index (χ0) is 15.5. The molecular formula is C18H24N2O. The first kappa shape index (κ1) is 15.5. The second-order valence-electron chi connectivity index (χ2n) is 6.46.